The zero-order chi connectivity index (χ0) is 24.9. The largest absolute Gasteiger partial charge is 0.488 e. The number of hydrogen-bond donors (Lipinski definition) is 0. The number of hydrogen-bond acceptors (Lipinski definition) is 7. The molecule has 2 aromatic rings. The molecule has 0 spiro atoms. The number of methoxy groups -OCH3 is 1. The Hall–Kier alpha value is -3.86. The number of ether oxygens (including phenoxy) is 3. The number of nitrogens with zero attached hydrogens (tertiary/aromatic N) is 2. The van der Waals surface area contributed by atoms with Crippen molar-refractivity contribution >= 4 is 17.8 Å². The molecule has 1 saturated heterocycles. The lowest BCUT2D eigenvalue weighted by molar-refractivity contribution is -0.157. The SMILES string of the molecule is COC(=O)[C@@H]1[C@@H](CC(=O)OC(C)(C)C)[C@H](Oc2ccc(C#N)cc2)CN1C(=O)c1ccccc1. The van der Waals surface area contributed by atoms with Gasteiger partial charge in [-0.2, -0.15) is 5.26 Å². The first-order valence-electron chi connectivity index (χ1n) is 11.0. The molecule has 0 radical (unpaired) electrons. The molecule has 8 heteroatoms. The van der Waals surface area contributed by atoms with Gasteiger partial charge < -0.3 is 19.1 Å². The number of likely N-dealkylation sites (tertiary alicyclic amines) is 1. The van der Waals surface area contributed by atoms with E-state index in [0.717, 1.165) is 0 Å². The van der Waals surface area contributed by atoms with Gasteiger partial charge in [-0.15, -0.1) is 0 Å². The molecular weight excluding hydrogens is 436 g/mol. The Kier molecular flexibility index (Phi) is 7.57. The summed E-state index contributed by atoms with van der Waals surface area (Å²) in [6.07, 6.45) is -0.825. The highest BCUT2D eigenvalue weighted by Gasteiger charge is 2.51. The van der Waals surface area contributed by atoms with E-state index < -0.39 is 35.6 Å². The fourth-order valence-electron chi connectivity index (χ4n) is 3.98. The molecule has 0 N–H and O–H groups in total. The Morgan fingerprint density at radius 2 is 1.71 bits per heavy atom. The second kappa shape index (κ2) is 10.4. The highest BCUT2D eigenvalue weighted by molar-refractivity contribution is 5.97. The molecule has 1 aliphatic heterocycles. The number of esters is 2. The van der Waals surface area contributed by atoms with E-state index in [0.29, 0.717) is 16.9 Å². The van der Waals surface area contributed by atoms with E-state index in [1.807, 2.05) is 6.07 Å². The van der Waals surface area contributed by atoms with E-state index in [9.17, 15) is 14.4 Å². The van der Waals surface area contributed by atoms with Crippen molar-refractivity contribution in [2.75, 3.05) is 13.7 Å². The van der Waals surface area contributed by atoms with Crippen LogP contribution in [0, 0.1) is 17.2 Å². The van der Waals surface area contributed by atoms with E-state index in [1.54, 1.807) is 75.4 Å². The summed E-state index contributed by atoms with van der Waals surface area (Å²) in [6, 6.07) is 16.1. The molecule has 0 aliphatic carbocycles. The topological polar surface area (TPSA) is 106 Å². The molecule has 3 atom stereocenters. The minimum Gasteiger partial charge on any atom is -0.488 e. The van der Waals surface area contributed by atoms with Crippen LogP contribution in [0.5, 0.6) is 5.75 Å². The molecule has 1 fully saturated rings. The molecule has 1 heterocycles. The first-order valence-corrected chi connectivity index (χ1v) is 11.0. The Labute approximate surface area is 199 Å². The zero-order valence-corrected chi connectivity index (χ0v) is 19.7. The van der Waals surface area contributed by atoms with Crippen LogP contribution >= 0.6 is 0 Å². The third-order valence-electron chi connectivity index (χ3n) is 5.41. The van der Waals surface area contributed by atoms with Crippen LogP contribution in [0.4, 0.5) is 0 Å². The van der Waals surface area contributed by atoms with Gasteiger partial charge in [0, 0.05) is 11.5 Å². The molecule has 1 aliphatic rings. The molecule has 8 nitrogen and oxygen atoms in total. The highest BCUT2D eigenvalue weighted by Crippen LogP contribution is 2.34. The molecule has 0 unspecified atom stereocenters. The monoisotopic (exact) mass is 464 g/mol. The van der Waals surface area contributed by atoms with Gasteiger partial charge in [0.05, 0.1) is 31.7 Å². The van der Waals surface area contributed by atoms with Crippen LogP contribution in [0.25, 0.3) is 0 Å². The lowest BCUT2D eigenvalue weighted by atomic mass is 9.93. The van der Waals surface area contributed by atoms with Crippen LogP contribution in [0.1, 0.15) is 43.1 Å². The van der Waals surface area contributed by atoms with E-state index in [2.05, 4.69) is 0 Å². The van der Waals surface area contributed by atoms with Gasteiger partial charge in [-0.3, -0.25) is 9.59 Å². The summed E-state index contributed by atoms with van der Waals surface area (Å²) in [7, 11) is 1.24. The van der Waals surface area contributed by atoms with Gasteiger partial charge in [0.2, 0.25) is 0 Å². The molecule has 3 rings (SSSR count). The van der Waals surface area contributed by atoms with Crippen molar-refractivity contribution in [3.05, 3.63) is 65.7 Å². The lowest BCUT2D eigenvalue weighted by Gasteiger charge is -2.27. The maximum atomic E-state index is 13.3. The molecule has 0 aromatic heterocycles. The van der Waals surface area contributed by atoms with Gasteiger partial charge in [0.1, 0.15) is 23.5 Å². The van der Waals surface area contributed by atoms with E-state index >= 15 is 0 Å². The van der Waals surface area contributed by atoms with Crippen LogP contribution in [-0.4, -0.2) is 54.1 Å². The predicted molar refractivity (Wildman–Crippen MR) is 123 cm³/mol. The summed E-state index contributed by atoms with van der Waals surface area (Å²) in [5, 5.41) is 9.04. The van der Waals surface area contributed by atoms with Crippen LogP contribution in [0.2, 0.25) is 0 Å². The van der Waals surface area contributed by atoms with Gasteiger partial charge in [-0.25, -0.2) is 4.79 Å². The van der Waals surface area contributed by atoms with Crippen molar-refractivity contribution < 1.29 is 28.6 Å². The molecule has 1 amide bonds. The summed E-state index contributed by atoms with van der Waals surface area (Å²) in [6.45, 7) is 5.34. The zero-order valence-electron chi connectivity index (χ0n) is 19.7. The lowest BCUT2D eigenvalue weighted by Crippen LogP contribution is -2.44. The number of nitriles is 1. The minimum absolute atomic E-state index is 0.0704. The van der Waals surface area contributed by atoms with Gasteiger partial charge >= 0.3 is 11.9 Å². The Morgan fingerprint density at radius 3 is 2.26 bits per heavy atom. The minimum atomic E-state index is -1.03. The van der Waals surface area contributed by atoms with Crippen molar-refractivity contribution in [3.63, 3.8) is 0 Å². The number of amides is 1. The van der Waals surface area contributed by atoms with Crippen molar-refractivity contribution in [2.24, 2.45) is 5.92 Å². The van der Waals surface area contributed by atoms with Crippen LogP contribution in [0.15, 0.2) is 54.6 Å². The van der Waals surface area contributed by atoms with Gasteiger partial charge in [0.15, 0.2) is 0 Å². The number of carbonyl (C=O) groups is 3. The van der Waals surface area contributed by atoms with Gasteiger partial charge in [0.25, 0.3) is 5.91 Å². The fourth-order valence-corrected chi connectivity index (χ4v) is 3.98. The first kappa shape index (κ1) is 24.8. The van der Waals surface area contributed by atoms with Crippen molar-refractivity contribution in [2.45, 2.75) is 44.9 Å². The quantitative estimate of drug-likeness (QED) is 0.604. The Morgan fingerprint density at radius 1 is 1.06 bits per heavy atom. The van der Waals surface area contributed by atoms with Gasteiger partial charge in [-0.05, 0) is 57.2 Å². The van der Waals surface area contributed by atoms with Crippen molar-refractivity contribution in [3.8, 4) is 11.8 Å². The second-order valence-electron chi connectivity index (χ2n) is 9.04. The maximum absolute atomic E-state index is 13.3. The van der Waals surface area contributed by atoms with Crippen molar-refractivity contribution in [1.29, 1.82) is 5.26 Å². The van der Waals surface area contributed by atoms with Crippen LogP contribution < -0.4 is 4.74 Å². The molecular formula is C26H28N2O6. The standard InChI is InChI=1S/C26H28N2O6/c1-26(2,3)34-22(29)14-20-21(33-19-12-10-17(15-27)11-13-19)16-28(23(20)25(31)32-4)24(30)18-8-6-5-7-9-18/h5-13,20-21,23H,14,16H2,1-4H3/t20-,21+,23-/m0/s1. The molecule has 0 saturated carbocycles. The van der Waals surface area contributed by atoms with E-state index in [1.165, 1.54) is 12.0 Å². The highest BCUT2D eigenvalue weighted by atomic mass is 16.6. The number of rotatable bonds is 6. The average molecular weight is 465 g/mol. The smallest absolute Gasteiger partial charge is 0.329 e. The second-order valence-corrected chi connectivity index (χ2v) is 9.04. The van der Waals surface area contributed by atoms with Crippen molar-refractivity contribution in [1.82, 2.24) is 4.90 Å². The number of carbonyl (C=O) groups excluding carboxylic acids is 3. The molecule has 34 heavy (non-hydrogen) atoms. The molecule has 178 valence electrons. The maximum Gasteiger partial charge on any atom is 0.329 e. The number of benzene rings is 2. The Bertz CT molecular complexity index is 1070. The third kappa shape index (κ3) is 5.93. The first-order chi connectivity index (χ1) is 16.1. The van der Waals surface area contributed by atoms with E-state index in [-0.39, 0.29) is 18.9 Å². The molecule has 0 bridgehead atoms. The summed E-state index contributed by atoms with van der Waals surface area (Å²) < 4.78 is 16.6. The summed E-state index contributed by atoms with van der Waals surface area (Å²) in [4.78, 5) is 40.3. The fraction of sp³-hybridized carbons (Fsp3) is 0.385. The summed E-state index contributed by atoms with van der Waals surface area (Å²) in [5.74, 6) is -1.75. The summed E-state index contributed by atoms with van der Waals surface area (Å²) in [5.41, 5.74) is 0.170. The van der Waals surface area contributed by atoms with Crippen LogP contribution in [-0.2, 0) is 19.1 Å². The van der Waals surface area contributed by atoms with Crippen LogP contribution in [0.3, 0.4) is 0 Å². The predicted octanol–water partition coefficient (Wildman–Crippen LogP) is 3.35. The average Bonchev–Trinajstić information content (AvgIpc) is 3.15. The van der Waals surface area contributed by atoms with Gasteiger partial charge in [-0.1, -0.05) is 18.2 Å². The molecule has 2 aromatic carbocycles. The van der Waals surface area contributed by atoms with E-state index in [4.69, 9.17) is 19.5 Å². The Balaban J connectivity index is 1.95. The summed E-state index contributed by atoms with van der Waals surface area (Å²) >= 11 is 0. The normalized spacial score (nSPS) is 19.7. The third-order valence-corrected chi connectivity index (χ3v) is 5.41.